The van der Waals surface area contributed by atoms with Gasteiger partial charge >= 0.3 is 5.97 Å². The number of halogens is 1. The smallest absolute Gasteiger partial charge is 0.337 e. The molecule has 0 saturated carbocycles. The van der Waals surface area contributed by atoms with Crippen molar-refractivity contribution in [2.45, 2.75) is 24.3 Å². The molecule has 1 amide bonds. The van der Waals surface area contributed by atoms with Crippen LogP contribution in [0.1, 0.15) is 23.2 Å². The van der Waals surface area contributed by atoms with Gasteiger partial charge in [0.2, 0.25) is 10.0 Å². The maximum Gasteiger partial charge on any atom is 0.337 e. The number of amides is 1. The van der Waals surface area contributed by atoms with Gasteiger partial charge in [0, 0.05) is 24.0 Å². The Bertz CT molecular complexity index is 1490. The van der Waals surface area contributed by atoms with Crippen LogP contribution in [0.4, 0.5) is 0 Å². The summed E-state index contributed by atoms with van der Waals surface area (Å²) in [5.74, 6) is 1.39. The van der Waals surface area contributed by atoms with Gasteiger partial charge in [0.05, 0.1) is 34.3 Å². The summed E-state index contributed by atoms with van der Waals surface area (Å²) in [5.41, 5.74) is 1.15. The van der Waals surface area contributed by atoms with E-state index >= 15 is 0 Å². The topological polar surface area (TPSA) is 98.0 Å². The molecule has 35 heavy (non-hydrogen) atoms. The van der Waals surface area contributed by atoms with Crippen LogP contribution in [-0.2, 0) is 26.1 Å². The van der Waals surface area contributed by atoms with Crippen molar-refractivity contribution in [1.29, 1.82) is 0 Å². The summed E-state index contributed by atoms with van der Waals surface area (Å²) < 4.78 is 34.5. The first-order valence-corrected chi connectivity index (χ1v) is 13.4. The summed E-state index contributed by atoms with van der Waals surface area (Å²) in [4.78, 5) is 29.8. The number of carbonyl (C=O) groups is 2. The second kappa shape index (κ2) is 10.3. The van der Waals surface area contributed by atoms with Gasteiger partial charge in [0.15, 0.2) is 4.80 Å². The number of hydrogen-bond acceptors (Lipinski definition) is 6. The zero-order valence-electron chi connectivity index (χ0n) is 18.8. The Morgan fingerprint density at radius 1 is 1.20 bits per heavy atom. The summed E-state index contributed by atoms with van der Waals surface area (Å²) in [6.07, 6.45) is 6.25. The maximum absolute atomic E-state index is 13.0. The number of hydrogen-bond donors (Lipinski definition) is 0. The molecule has 0 spiro atoms. The van der Waals surface area contributed by atoms with Crippen molar-refractivity contribution in [2.75, 3.05) is 20.2 Å². The summed E-state index contributed by atoms with van der Waals surface area (Å²) in [7, 11) is -2.35. The number of thiazole rings is 1. The van der Waals surface area contributed by atoms with Crippen LogP contribution in [0.2, 0.25) is 5.02 Å². The van der Waals surface area contributed by atoms with E-state index < -0.39 is 21.9 Å². The first-order valence-electron chi connectivity index (χ1n) is 10.7. The number of carbonyl (C=O) groups excluding carboxylic acids is 2. The molecule has 1 saturated heterocycles. The molecule has 1 fully saturated rings. The van der Waals surface area contributed by atoms with Crippen LogP contribution in [-0.4, -0.2) is 49.4 Å². The molecule has 8 nitrogen and oxygen atoms in total. The van der Waals surface area contributed by atoms with Crippen LogP contribution >= 0.6 is 22.9 Å². The Balaban J connectivity index is 1.55. The molecular formula is C24H22ClN3O5S2. The highest BCUT2D eigenvalue weighted by Gasteiger charge is 2.32. The van der Waals surface area contributed by atoms with Crippen molar-refractivity contribution >= 4 is 55.1 Å². The minimum atomic E-state index is -3.66. The van der Waals surface area contributed by atoms with E-state index in [4.69, 9.17) is 22.8 Å². The first-order chi connectivity index (χ1) is 16.7. The summed E-state index contributed by atoms with van der Waals surface area (Å²) >= 11 is 7.12. The lowest BCUT2D eigenvalue weighted by Crippen LogP contribution is -2.40. The molecular weight excluding hydrogens is 510 g/mol. The third-order valence-corrected chi connectivity index (χ3v) is 9.02. The van der Waals surface area contributed by atoms with Gasteiger partial charge in [-0.3, -0.25) is 4.79 Å². The van der Waals surface area contributed by atoms with E-state index in [1.54, 1.807) is 22.8 Å². The van der Waals surface area contributed by atoms with Gasteiger partial charge in [0.25, 0.3) is 5.91 Å². The Hall–Kier alpha value is -2.97. The molecule has 4 rings (SSSR count). The van der Waals surface area contributed by atoms with Gasteiger partial charge in [0.1, 0.15) is 0 Å². The number of methoxy groups -OCH3 is 1. The van der Waals surface area contributed by atoms with E-state index in [0.29, 0.717) is 28.2 Å². The number of benzene rings is 2. The number of terminal acetylenes is 1. The molecule has 11 heteroatoms. The summed E-state index contributed by atoms with van der Waals surface area (Å²) in [6.45, 7) is 0.647. The van der Waals surface area contributed by atoms with Crippen LogP contribution in [0.3, 0.4) is 0 Å². The van der Waals surface area contributed by atoms with Gasteiger partial charge in [-0.1, -0.05) is 28.9 Å². The number of ether oxygens (including phenoxy) is 1. The van der Waals surface area contributed by atoms with E-state index in [2.05, 4.69) is 10.9 Å². The van der Waals surface area contributed by atoms with E-state index in [1.807, 2.05) is 0 Å². The molecule has 0 unspecified atom stereocenters. The maximum atomic E-state index is 13.0. The minimum absolute atomic E-state index is 0.170. The van der Waals surface area contributed by atoms with Gasteiger partial charge in [-0.05, 0) is 55.3 Å². The van der Waals surface area contributed by atoms with Crippen molar-refractivity contribution in [3.8, 4) is 12.3 Å². The quantitative estimate of drug-likeness (QED) is 0.371. The molecule has 2 aromatic carbocycles. The largest absolute Gasteiger partial charge is 0.465 e. The molecule has 182 valence electrons. The molecule has 0 atom stereocenters. The predicted octanol–water partition coefficient (Wildman–Crippen LogP) is 3.30. The Labute approximate surface area is 211 Å². The lowest BCUT2D eigenvalue weighted by molar-refractivity contribution is -0.122. The summed E-state index contributed by atoms with van der Waals surface area (Å²) in [5, 5.41) is 0.458. The number of piperidine rings is 1. The van der Waals surface area contributed by atoms with Crippen molar-refractivity contribution in [1.82, 2.24) is 8.87 Å². The molecule has 3 aromatic rings. The average Bonchev–Trinajstić information content (AvgIpc) is 3.20. The molecule has 0 radical (unpaired) electrons. The molecule has 1 aliphatic heterocycles. The number of rotatable bonds is 5. The van der Waals surface area contributed by atoms with E-state index in [-0.39, 0.29) is 30.4 Å². The van der Waals surface area contributed by atoms with Gasteiger partial charge < -0.3 is 9.30 Å². The van der Waals surface area contributed by atoms with Crippen LogP contribution in [0.5, 0.6) is 0 Å². The van der Waals surface area contributed by atoms with E-state index in [0.717, 1.165) is 10.2 Å². The van der Waals surface area contributed by atoms with Gasteiger partial charge in [-0.2, -0.15) is 9.30 Å². The highest BCUT2D eigenvalue weighted by atomic mass is 35.5. The zero-order valence-corrected chi connectivity index (χ0v) is 21.2. The van der Waals surface area contributed by atoms with Crippen LogP contribution < -0.4 is 4.80 Å². The third kappa shape index (κ3) is 5.18. The average molecular weight is 532 g/mol. The second-order valence-corrected chi connectivity index (χ2v) is 11.3. The van der Waals surface area contributed by atoms with Crippen molar-refractivity contribution in [3.05, 3.63) is 57.9 Å². The standard InChI is InChI=1S/C24H22ClN3O5S2/c1-3-12-28-20-9-4-17(23(30)33-2)15-21(20)34-24(28)26-22(29)16-10-13-27(14-11-16)35(31,32)19-7-5-18(25)6-8-19/h1,4-9,15-16H,10-14H2,2H3. The molecule has 0 aliphatic carbocycles. The van der Waals surface area contributed by atoms with Crippen molar-refractivity contribution < 1.29 is 22.7 Å². The van der Waals surface area contributed by atoms with E-state index in [1.165, 1.54) is 47.0 Å². The van der Waals surface area contributed by atoms with Crippen LogP contribution in [0.25, 0.3) is 10.2 Å². The van der Waals surface area contributed by atoms with Crippen molar-refractivity contribution in [3.63, 3.8) is 0 Å². The molecule has 1 aliphatic rings. The number of esters is 1. The fourth-order valence-electron chi connectivity index (χ4n) is 3.93. The number of aromatic nitrogens is 1. The normalized spacial score (nSPS) is 15.7. The Morgan fingerprint density at radius 3 is 2.51 bits per heavy atom. The fraction of sp³-hybridized carbons (Fsp3) is 0.292. The highest BCUT2D eigenvalue weighted by molar-refractivity contribution is 7.89. The molecule has 2 heterocycles. The highest BCUT2D eigenvalue weighted by Crippen LogP contribution is 2.26. The lowest BCUT2D eigenvalue weighted by Gasteiger charge is -2.29. The summed E-state index contributed by atoms with van der Waals surface area (Å²) in [6, 6.07) is 11.1. The number of fused-ring (bicyclic) bond motifs is 1. The predicted molar refractivity (Wildman–Crippen MR) is 133 cm³/mol. The molecule has 1 aromatic heterocycles. The lowest BCUT2D eigenvalue weighted by atomic mass is 9.98. The Morgan fingerprint density at radius 2 is 1.89 bits per heavy atom. The Kier molecular flexibility index (Phi) is 7.42. The third-order valence-electron chi connectivity index (χ3n) is 5.81. The van der Waals surface area contributed by atoms with Crippen LogP contribution in [0, 0.1) is 18.3 Å². The molecule has 0 bridgehead atoms. The SMILES string of the molecule is C#CCn1c(=NC(=O)C2CCN(S(=O)(=O)c3ccc(Cl)cc3)CC2)sc2cc(C(=O)OC)ccc21. The monoisotopic (exact) mass is 531 g/mol. The fourth-order valence-corrected chi connectivity index (χ4v) is 6.60. The van der Waals surface area contributed by atoms with E-state index in [9.17, 15) is 18.0 Å². The van der Waals surface area contributed by atoms with Crippen molar-refractivity contribution in [2.24, 2.45) is 10.9 Å². The zero-order chi connectivity index (χ0) is 25.2. The van der Waals surface area contributed by atoms with Gasteiger partial charge in [-0.25, -0.2) is 13.2 Å². The first kappa shape index (κ1) is 25.1. The number of sulfonamides is 1. The second-order valence-electron chi connectivity index (χ2n) is 7.93. The number of nitrogens with zero attached hydrogens (tertiary/aromatic N) is 3. The molecule has 0 N–H and O–H groups in total. The minimum Gasteiger partial charge on any atom is -0.465 e. The van der Waals surface area contributed by atoms with Gasteiger partial charge in [-0.15, -0.1) is 6.42 Å². The van der Waals surface area contributed by atoms with Crippen LogP contribution in [0.15, 0.2) is 52.4 Å².